The van der Waals surface area contributed by atoms with Gasteiger partial charge in [0.25, 0.3) is 0 Å². The Morgan fingerprint density at radius 1 is 1.35 bits per heavy atom. The van der Waals surface area contributed by atoms with Crippen molar-refractivity contribution in [3.8, 4) is 0 Å². The van der Waals surface area contributed by atoms with E-state index in [4.69, 9.17) is 0 Å². The Balaban J connectivity index is 0.00000243. The highest BCUT2D eigenvalue weighted by Gasteiger charge is 2.23. The predicted octanol–water partition coefficient (Wildman–Crippen LogP) is 3.10. The quantitative estimate of drug-likeness (QED) is 0.260. The molecule has 0 saturated carbocycles. The fourth-order valence-corrected chi connectivity index (χ4v) is 3.30. The van der Waals surface area contributed by atoms with Gasteiger partial charge < -0.3 is 15.5 Å². The highest BCUT2D eigenvalue weighted by Crippen LogP contribution is 2.22. The van der Waals surface area contributed by atoms with E-state index in [0.717, 1.165) is 49.5 Å². The standard InChI is InChI=1S/C18H25BrN6.HI/c1-20-18(21-9-2-11-25-12-3-10-22-25)23-16-8-13-24(14-16)17-6-4-15(19)5-7-17;/h3-7,10,12,16H,2,8-9,11,13-14H2,1H3,(H2,20,21,23);1H. The molecule has 2 aromatic rings. The second kappa shape index (κ2) is 10.8. The molecule has 1 saturated heterocycles. The van der Waals surface area contributed by atoms with Gasteiger partial charge in [-0.2, -0.15) is 5.10 Å². The van der Waals surface area contributed by atoms with Crippen LogP contribution < -0.4 is 15.5 Å². The number of hydrogen-bond donors (Lipinski definition) is 2. The van der Waals surface area contributed by atoms with Crippen LogP contribution in [0.3, 0.4) is 0 Å². The Hall–Kier alpha value is -1.29. The minimum absolute atomic E-state index is 0. The van der Waals surface area contributed by atoms with Gasteiger partial charge in [-0.1, -0.05) is 15.9 Å². The number of aryl methyl sites for hydroxylation is 1. The van der Waals surface area contributed by atoms with E-state index in [-0.39, 0.29) is 24.0 Å². The van der Waals surface area contributed by atoms with Crippen LogP contribution in [0.15, 0.2) is 52.2 Å². The maximum atomic E-state index is 4.34. The van der Waals surface area contributed by atoms with Crippen LogP contribution in [0, 0.1) is 0 Å². The number of nitrogens with one attached hydrogen (secondary N) is 2. The van der Waals surface area contributed by atoms with Gasteiger partial charge in [0.05, 0.1) is 0 Å². The molecule has 2 N–H and O–H groups in total. The molecule has 8 heteroatoms. The summed E-state index contributed by atoms with van der Waals surface area (Å²) in [5.41, 5.74) is 1.27. The number of aromatic nitrogens is 2. The average Bonchev–Trinajstić information content (AvgIpc) is 3.30. The van der Waals surface area contributed by atoms with Crippen LogP contribution >= 0.6 is 39.9 Å². The van der Waals surface area contributed by atoms with Crippen molar-refractivity contribution in [1.82, 2.24) is 20.4 Å². The van der Waals surface area contributed by atoms with E-state index in [2.05, 4.69) is 65.8 Å². The molecular weight excluding hydrogens is 507 g/mol. The van der Waals surface area contributed by atoms with E-state index in [9.17, 15) is 0 Å². The van der Waals surface area contributed by atoms with E-state index < -0.39 is 0 Å². The fraction of sp³-hybridized carbons (Fsp3) is 0.444. The zero-order valence-electron chi connectivity index (χ0n) is 14.9. The SMILES string of the molecule is CN=C(NCCCn1cccn1)NC1CCN(c2ccc(Br)cc2)C1.I. The van der Waals surface area contributed by atoms with E-state index in [1.54, 1.807) is 0 Å². The summed E-state index contributed by atoms with van der Waals surface area (Å²) in [6.45, 7) is 3.85. The third kappa shape index (κ3) is 6.15. The maximum absolute atomic E-state index is 4.34. The van der Waals surface area contributed by atoms with Crippen molar-refractivity contribution in [3.63, 3.8) is 0 Å². The molecule has 0 bridgehead atoms. The zero-order chi connectivity index (χ0) is 17.5. The summed E-state index contributed by atoms with van der Waals surface area (Å²) in [6.07, 6.45) is 5.93. The number of aliphatic imine (C=N–C) groups is 1. The molecule has 0 amide bonds. The number of nitrogens with zero attached hydrogens (tertiary/aromatic N) is 4. The summed E-state index contributed by atoms with van der Waals surface area (Å²) >= 11 is 3.49. The largest absolute Gasteiger partial charge is 0.369 e. The molecular formula is C18H26BrIN6. The predicted molar refractivity (Wildman–Crippen MR) is 122 cm³/mol. The Bertz CT molecular complexity index is 673. The van der Waals surface area contributed by atoms with Gasteiger partial charge in [0.15, 0.2) is 5.96 Å². The molecule has 1 aliphatic rings. The fourth-order valence-electron chi connectivity index (χ4n) is 3.03. The lowest BCUT2D eigenvalue weighted by molar-refractivity contribution is 0.566. The second-order valence-corrected chi connectivity index (χ2v) is 7.09. The van der Waals surface area contributed by atoms with Crippen LogP contribution in [0.5, 0.6) is 0 Å². The first-order valence-electron chi connectivity index (χ1n) is 8.70. The molecule has 1 unspecified atom stereocenters. The van der Waals surface area contributed by atoms with Gasteiger partial charge in [0, 0.05) is 61.8 Å². The third-order valence-corrected chi connectivity index (χ3v) is 4.89. The Kier molecular flexibility index (Phi) is 8.70. The van der Waals surface area contributed by atoms with E-state index >= 15 is 0 Å². The first-order valence-corrected chi connectivity index (χ1v) is 9.49. The topological polar surface area (TPSA) is 57.5 Å². The molecule has 2 heterocycles. The van der Waals surface area contributed by atoms with E-state index in [1.165, 1.54) is 5.69 Å². The summed E-state index contributed by atoms with van der Waals surface area (Å²) in [5.74, 6) is 0.878. The second-order valence-electron chi connectivity index (χ2n) is 6.17. The lowest BCUT2D eigenvalue weighted by Gasteiger charge is -2.20. The highest BCUT2D eigenvalue weighted by atomic mass is 127. The normalized spacial score (nSPS) is 17.1. The highest BCUT2D eigenvalue weighted by molar-refractivity contribution is 14.0. The number of hydrogen-bond acceptors (Lipinski definition) is 3. The molecule has 1 aromatic heterocycles. The average molecular weight is 533 g/mol. The lowest BCUT2D eigenvalue weighted by atomic mass is 10.2. The molecule has 1 atom stereocenters. The summed E-state index contributed by atoms with van der Waals surface area (Å²) in [6, 6.07) is 10.9. The van der Waals surface area contributed by atoms with Crippen molar-refractivity contribution in [2.24, 2.45) is 4.99 Å². The van der Waals surface area contributed by atoms with Crippen molar-refractivity contribution in [1.29, 1.82) is 0 Å². The zero-order valence-corrected chi connectivity index (χ0v) is 18.9. The number of benzene rings is 1. The maximum Gasteiger partial charge on any atom is 0.191 e. The van der Waals surface area contributed by atoms with Gasteiger partial charge in [-0.3, -0.25) is 9.67 Å². The number of rotatable bonds is 6. The molecule has 6 nitrogen and oxygen atoms in total. The summed E-state index contributed by atoms with van der Waals surface area (Å²) in [7, 11) is 1.82. The van der Waals surface area contributed by atoms with Crippen molar-refractivity contribution in [2.45, 2.75) is 25.4 Å². The molecule has 142 valence electrons. The molecule has 3 rings (SSSR count). The van der Waals surface area contributed by atoms with Gasteiger partial charge >= 0.3 is 0 Å². The number of halogens is 2. The van der Waals surface area contributed by atoms with Crippen LogP contribution in [-0.4, -0.2) is 48.5 Å². The molecule has 1 fully saturated rings. The van der Waals surface area contributed by atoms with Gasteiger partial charge in [-0.15, -0.1) is 24.0 Å². The van der Waals surface area contributed by atoms with Crippen LogP contribution in [-0.2, 0) is 6.54 Å². The summed E-state index contributed by atoms with van der Waals surface area (Å²) in [4.78, 5) is 6.75. The molecule has 26 heavy (non-hydrogen) atoms. The Morgan fingerprint density at radius 3 is 2.85 bits per heavy atom. The smallest absolute Gasteiger partial charge is 0.191 e. The summed E-state index contributed by atoms with van der Waals surface area (Å²) < 4.78 is 3.06. The van der Waals surface area contributed by atoms with Crippen molar-refractivity contribution < 1.29 is 0 Å². The van der Waals surface area contributed by atoms with Crippen molar-refractivity contribution >= 4 is 51.6 Å². The van der Waals surface area contributed by atoms with Gasteiger partial charge in [0.1, 0.15) is 0 Å². The third-order valence-electron chi connectivity index (χ3n) is 4.36. The van der Waals surface area contributed by atoms with Crippen LogP contribution in [0.2, 0.25) is 0 Å². The van der Waals surface area contributed by atoms with Crippen LogP contribution in [0.25, 0.3) is 0 Å². The van der Waals surface area contributed by atoms with E-state index in [0.29, 0.717) is 6.04 Å². The minimum Gasteiger partial charge on any atom is -0.369 e. The van der Waals surface area contributed by atoms with E-state index in [1.807, 2.05) is 30.2 Å². The van der Waals surface area contributed by atoms with Crippen molar-refractivity contribution in [2.75, 3.05) is 31.6 Å². The lowest BCUT2D eigenvalue weighted by Crippen LogP contribution is -2.45. The monoisotopic (exact) mass is 532 g/mol. The molecule has 1 aromatic carbocycles. The molecule has 0 aliphatic carbocycles. The van der Waals surface area contributed by atoms with Gasteiger partial charge in [0.2, 0.25) is 0 Å². The Labute approximate surface area is 180 Å². The number of anilines is 1. The molecule has 0 spiro atoms. The Morgan fingerprint density at radius 2 is 2.15 bits per heavy atom. The first-order chi connectivity index (χ1) is 12.2. The van der Waals surface area contributed by atoms with Crippen molar-refractivity contribution in [3.05, 3.63) is 47.2 Å². The van der Waals surface area contributed by atoms with Gasteiger partial charge in [-0.25, -0.2) is 0 Å². The molecule has 0 radical (unpaired) electrons. The first kappa shape index (κ1) is 21.0. The molecule has 1 aliphatic heterocycles. The van der Waals surface area contributed by atoms with Crippen LogP contribution in [0.1, 0.15) is 12.8 Å². The number of guanidine groups is 1. The minimum atomic E-state index is 0. The summed E-state index contributed by atoms with van der Waals surface area (Å²) in [5, 5.41) is 11.1. The van der Waals surface area contributed by atoms with Gasteiger partial charge in [-0.05, 0) is 43.2 Å². The van der Waals surface area contributed by atoms with Crippen LogP contribution in [0.4, 0.5) is 5.69 Å².